The normalized spacial score (nSPS) is 11.5. The van der Waals surface area contributed by atoms with Crippen LogP contribution in [0.4, 0.5) is 0 Å². The second kappa shape index (κ2) is 15.7. The summed E-state index contributed by atoms with van der Waals surface area (Å²) in [6.45, 7) is 13.5. The average molecular weight is 442 g/mol. The molecule has 0 N–H and O–H groups in total. The van der Waals surface area contributed by atoms with E-state index < -0.39 is 8.07 Å². The molecule has 0 heterocycles. The van der Waals surface area contributed by atoms with Gasteiger partial charge in [0.05, 0.1) is 0 Å². The molecule has 0 radical (unpaired) electrons. The zero-order chi connectivity index (χ0) is 15.2. The van der Waals surface area contributed by atoms with Gasteiger partial charge in [-0.1, -0.05) is 54.5 Å². The maximum atomic E-state index is 3.20. The Morgan fingerprint density at radius 3 is 1.79 bits per heavy atom. The molecule has 0 fully saturated rings. The van der Waals surface area contributed by atoms with E-state index in [-0.39, 0.29) is 58.9 Å². The number of rotatable bonds is 3. The Labute approximate surface area is 184 Å². The van der Waals surface area contributed by atoms with Gasteiger partial charge >= 0.3 is 21.7 Å². The molecule has 2 rings (SSSR count). The molecule has 24 heavy (non-hydrogen) atoms. The monoisotopic (exact) mass is 440 g/mol. The molecule has 0 bridgehead atoms. The molecular weight excluding hydrogens is 411 g/mol. The molecule has 0 aromatic heterocycles. The minimum Gasteiger partial charge on any atom is -0.327 e. The Hall–Kier alpha value is 0.501. The van der Waals surface area contributed by atoms with Gasteiger partial charge in [0, 0.05) is 0 Å². The summed E-state index contributed by atoms with van der Waals surface area (Å²) in [5, 5.41) is 1.56. The zero-order valence-electron chi connectivity index (χ0n) is 15.6. The fraction of sp³-hybridized carbons (Fsp3) is 0.421. The van der Waals surface area contributed by atoms with Crippen molar-refractivity contribution < 1.29 is 21.7 Å². The number of hydrogen-bond donors (Lipinski definition) is 0. The molecule has 1 aromatic rings. The van der Waals surface area contributed by atoms with Gasteiger partial charge in [-0.05, 0) is 21.9 Å². The van der Waals surface area contributed by atoms with Gasteiger partial charge in [0.2, 0.25) is 0 Å². The fourth-order valence-electron chi connectivity index (χ4n) is 2.34. The van der Waals surface area contributed by atoms with Gasteiger partial charge < -0.3 is 6.42 Å². The summed E-state index contributed by atoms with van der Waals surface area (Å²) in [5.74, 6) is 0. The molecule has 136 valence electrons. The van der Waals surface area contributed by atoms with Crippen molar-refractivity contribution in [2.24, 2.45) is 0 Å². The van der Waals surface area contributed by atoms with Crippen molar-refractivity contribution in [2.45, 2.75) is 53.3 Å². The van der Waals surface area contributed by atoms with Crippen LogP contribution in [-0.2, 0) is 28.1 Å². The molecule has 1 aromatic carbocycles. The van der Waals surface area contributed by atoms with E-state index in [0.717, 1.165) is 12.8 Å². The number of halogens is 3. The summed E-state index contributed by atoms with van der Waals surface area (Å²) in [6.07, 6.45) is 12.0. The van der Waals surface area contributed by atoms with Crippen molar-refractivity contribution in [2.75, 3.05) is 0 Å². The van der Waals surface area contributed by atoms with Gasteiger partial charge in [0.25, 0.3) is 0 Å². The predicted octanol–water partition coefficient (Wildman–Crippen LogP) is 6.89. The summed E-state index contributed by atoms with van der Waals surface area (Å²) in [4.78, 5) is 0. The molecule has 0 amide bonds. The molecule has 0 aliphatic heterocycles. The average Bonchev–Trinajstić information content (AvgIpc) is 2.81. The Morgan fingerprint density at radius 1 is 1.00 bits per heavy atom. The summed E-state index contributed by atoms with van der Waals surface area (Å²) >= 11 is 0. The summed E-state index contributed by atoms with van der Waals surface area (Å²) < 4.78 is 0. The van der Waals surface area contributed by atoms with E-state index in [9.17, 15) is 0 Å². The van der Waals surface area contributed by atoms with Crippen molar-refractivity contribution in [3.63, 3.8) is 0 Å². The van der Waals surface area contributed by atoms with Crippen molar-refractivity contribution in [1.29, 1.82) is 0 Å². The van der Waals surface area contributed by atoms with Crippen LogP contribution in [0.5, 0.6) is 0 Å². The van der Waals surface area contributed by atoms with Crippen LogP contribution in [-0.4, -0.2) is 8.07 Å². The first kappa shape index (κ1) is 32.2. The van der Waals surface area contributed by atoms with Crippen LogP contribution in [0, 0.1) is 26.3 Å². The topological polar surface area (TPSA) is 0 Å². The van der Waals surface area contributed by atoms with Crippen LogP contribution >= 0.6 is 37.2 Å². The van der Waals surface area contributed by atoms with Gasteiger partial charge in [-0.15, -0.1) is 43.6 Å². The third-order valence-electron chi connectivity index (χ3n) is 3.28. The first-order valence-corrected chi connectivity index (χ1v) is 10.9. The third kappa shape index (κ3) is 12.8. The van der Waals surface area contributed by atoms with Crippen molar-refractivity contribution >= 4 is 45.3 Å². The van der Waals surface area contributed by atoms with Gasteiger partial charge in [0.15, 0.2) is 0 Å². The third-order valence-corrected chi connectivity index (χ3v) is 5.37. The van der Waals surface area contributed by atoms with Crippen molar-refractivity contribution in [3.8, 4) is 0 Å². The molecule has 0 unspecified atom stereocenters. The Kier molecular flexibility index (Phi) is 21.1. The number of benzene rings is 1. The molecule has 0 spiro atoms. The van der Waals surface area contributed by atoms with Crippen LogP contribution in [0.15, 0.2) is 35.5 Å². The van der Waals surface area contributed by atoms with Crippen LogP contribution in [0.3, 0.4) is 0 Å². The second-order valence-corrected chi connectivity index (χ2v) is 11.6. The van der Waals surface area contributed by atoms with Gasteiger partial charge in [0.1, 0.15) is 0 Å². The largest absolute Gasteiger partial charge is 2.00 e. The van der Waals surface area contributed by atoms with Crippen LogP contribution in [0.1, 0.15) is 30.0 Å². The molecule has 5 heteroatoms. The second-order valence-electron chi connectivity index (χ2n) is 6.57. The molecule has 0 atom stereocenters. The minimum atomic E-state index is -0.981. The molecule has 0 nitrogen and oxygen atoms in total. The number of allylic oxidation sites excluding steroid dienone is 4. The summed E-state index contributed by atoms with van der Waals surface area (Å²) in [6, 6.07) is 6.69. The van der Waals surface area contributed by atoms with Crippen LogP contribution in [0.25, 0.3) is 0 Å². The van der Waals surface area contributed by atoms with E-state index in [2.05, 4.69) is 83.3 Å². The Balaban J connectivity index is -0.000000145. The Morgan fingerprint density at radius 2 is 1.50 bits per heavy atom. The van der Waals surface area contributed by atoms with E-state index >= 15 is 0 Å². The predicted molar refractivity (Wildman–Crippen MR) is 115 cm³/mol. The standard InChI is InChI=1S/C11H15.C8H13Si.3ClH.Ti/c1-4-5-11-7-9(2)6-10(3)8-11;1-9(2,3)8-6-4-5-7-8;;;;/h4,6-8H,5H2,1-3H3;6-7H,4H2,1-3H3;3*1H;/q2*-1;;;;+2. The van der Waals surface area contributed by atoms with E-state index in [0.29, 0.717) is 0 Å². The van der Waals surface area contributed by atoms with Gasteiger partial charge in [-0.3, -0.25) is 6.08 Å². The molecule has 0 saturated heterocycles. The fourth-order valence-corrected chi connectivity index (χ4v) is 3.59. The molecular formula is C19H31Cl3SiTi. The van der Waals surface area contributed by atoms with E-state index in [1.165, 1.54) is 16.7 Å². The maximum absolute atomic E-state index is 3.20. The Bertz CT molecular complexity index is 486. The van der Waals surface area contributed by atoms with Crippen molar-refractivity contribution in [1.82, 2.24) is 0 Å². The molecule has 0 saturated carbocycles. The van der Waals surface area contributed by atoms with Crippen LogP contribution < -0.4 is 0 Å². The van der Waals surface area contributed by atoms with E-state index in [4.69, 9.17) is 0 Å². The smallest absolute Gasteiger partial charge is 0.327 e. The summed E-state index contributed by atoms with van der Waals surface area (Å²) in [7, 11) is -0.981. The van der Waals surface area contributed by atoms with E-state index in [1.54, 1.807) is 5.20 Å². The van der Waals surface area contributed by atoms with E-state index in [1.807, 2.05) is 0 Å². The summed E-state index contributed by atoms with van der Waals surface area (Å²) in [5.41, 5.74) is 4.15. The molecule has 1 aliphatic carbocycles. The SMILES string of the molecule is C[CH-]Cc1cc(C)cc(C)c1.C[Si](C)(C)C1=CC[C-]=C1.Cl.Cl.Cl.[Ti+2]. The minimum absolute atomic E-state index is 0. The molecule has 1 aliphatic rings. The number of aryl methyl sites for hydroxylation is 2. The van der Waals surface area contributed by atoms with Crippen LogP contribution in [0.2, 0.25) is 19.6 Å². The maximum Gasteiger partial charge on any atom is 2.00 e. The van der Waals surface area contributed by atoms with Gasteiger partial charge in [-0.25, -0.2) is 11.3 Å². The first-order valence-electron chi connectivity index (χ1n) is 7.45. The quantitative estimate of drug-likeness (QED) is 0.354. The first-order chi connectivity index (χ1) is 9.32. The van der Waals surface area contributed by atoms with Crippen molar-refractivity contribution in [3.05, 3.63) is 64.7 Å². The van der Waals surface area contributed by atoms with Gasteiger partial charge in [-0.2, -0.15) is 19.4 Å². The number of hydrogen-bond acceptors (Lipinski definition) is 0. The zero-order valence-corrected chi connectivity index (χ0v) is 20.6.